The highest BCUT2D eigenvalue weighted by Crippen LogP contribution is 2.45. The molecule has 0 heterocycles. The molecule has 6 atom stereocenters. The van der Waals surface area contributed by atoms with Gasteiger partial charge >= 0.3 is 39.5 Å². The normalized spacial score (nSPS) is 14.1. The molecule has 0 fully saturated rings. The lowest BCUT2D eigenvalue weighted by Gasteiger charge is -2.21. The highest BCUT2D eigenvalue weighted by atomic mass is 31.2. The van der Waals surface area contributed by atoms with Gasteiger partial charge in [-0.3, -0.25) is 37.3 Å². The quantitative estimate of drug-likeness (QED) is 0.0222. The zero-order valence-electron chi connectivity index (χ0n) is 69.7. The van der Waals surface area contributed by atoms with Gasteiger partial charge in [0, 0.05) is 25.7 Å². The van der Waals surface area contributed by atoms with E-state index < -0.39 is 97.5 Å². The molecule has 0 aromatic carbocycles. The number of phosphoric ester groups is 2. The van der Waals surface area contributed by atoms with E-state index in [2.05, 4.69) is 41.5 Å². The van der Waals surface area contributed by atoms with E-state index in [0.29, 0.717) is 25.7 Å². The fourth-order valence-corrected chi connectivity index (χ4v) is 15.1. The SMILES string of the molecule is CCCCCCCCCCCCCCCCCCCCCCCCC(=O)O[C@H](COC(=O)CCCCCCCCCCCCCCCCC(C)CC)COP(=O)(O)OC[C@@H](O)COP(=O)(O)OC[C@@H](COC(=O)CCCCCCCCCCC(C)C)OC(=O)CCCCCCCCCCCCCCCCC. The molecule has 630 valence electrons. The molecule has 0 bridgehead atoms. The first-order valence-electron chi connectivity index (χ1n) is 45.0. The van der Waals surface area contributed by atoms with Crippen LogP contribution in [0.2, 0.25) is 0 Å². The number of esters is 4. The summed E-state index contributed by atoms with van der Waals surface area (Å²) >= 11 is 0. The van der Waals surface area contributed by atoms with Crippen LogP contribution in [0.1, 0.15) is 465 Å². The zero-order chi connectivity index (χ0) is 77.8. The average Bonchev–Trinajstić information content (AvgIpc) is 0.903. The Morgan fingerprint density at radius 3 is 0.717 bits per heavy atom. The van der Waals surface area contributed by atoms with Gasteiger partial charge < -0.3 is 33.8 Å². The second kappa shape index (κ2) is 78.3. The van der Waals surface area contributed by atoms with Crippen molar-refractivity contribution < 1.29 is 80.2 Å². The van der Waals surface area contributed by atoms with Crippen LogP contribution in [0, 0.1) is 11.8 Å². The van der Waals surface area contributed by atoms with Gasteiger partial charge in [0.05, 0.1) is 26.4 Å². The number of unbranched alkanes of at least 4 members (excludes halogenated alkanes) is 55. The van der Waals surface area contributed by atoms with Crippen molar-refractivity contribution in [1.29, 1.82) is 0 Å². The van der Waals surface area contributed by atoms with E-state index >= 15 is 0 Å². The molecule has 0 aliphatic rings. The number of aliphatic hydroxyl groups excluding tert-OH is 1. The lowest BCUT2D eigenvalue weighted by molar-refractivity contribution is -0.161. The molecule has 0 aromatic rings. The van der Waals surface area contributed by atoms with Crippen molar-refractivity contribution in [1.82, 2.24) is 0 Å². The predicted molar refractivity (Wildman–Crippen MR) is 437 cm³/mol. The molecule has 0 aromatic heterocycles. The molecule has 0 rings (SSSR count). The van der Waals surface area contributed by atoms with Crippen LogP contribution in [0.4, 0.5) is 0 Å². The van der Waals surface area contributed by atoms with E-state index in [1.807, 2.05) is 0 Å². The smallest absolute Gasteiger partial charge is 0.462 e. The monoisotopic (exact) mass is 1550 g/mol. The summed E-state index contributed by atoms with van der Waals surface area (Å²) in [5.74, 6) is -0.525. The summed E-state index contributed by atoms with van der Waals surface area (Å²) in [6.45, 7) is 9.70. The molecule has 3 N–H and O–H groups in total. The van der Waals surface area contributed by atoms with Crippen molar-refractivity contribution in [3.63, 3.8) is 0 Å². The Morgan fingerprint density at radius 2 is 0.481 bits per heavy atom. The Morgan fingerprint density at radius 1 is 0.274 bits per heavy atom. The average molecular weight is 1550 g/mol. The fourth-order valence-electron chi connectivity index (χ4n) is 13.6. The largest absolute Gasteiger partial charge is 0.472 e. The van der Waals surface area contributed by atoms with E-state index in [1.54, 1.807) is 0 Å². The maximum atomic E-state index is 13.2. The number of ether oxygens (including phenoxy) is 4. The van der Waals surface area contributed by atoms with Crippen LogP contribution in [-0.4, -0.2) is 96.7 Å². The highest BCUT2D eigenvalue weighted by Gasteiger charge is 2.30. The van der Waals surface area contributed by atoms with E-state index in [0.717, 1.165) is 102 Å². The van der Waals surface area contributed by atoms with Gasteiger partial charge in [0.2, 0.25) is 0 Å². The van der Waals surface area contributed by atoms with E-state index in [1.165, 1.54) is 283 Å². The Kier molecular flexibility index (Phi) is 76.9. The minimum absolute atomic E-state index is 0.108. The van der Waals surface area contributed by atoms with Crippen molar-refractivity contribution in [2.75, 3.05) is 39.6 Å². The molecule has 19 heteroatoms. The third-order valence-corrected chi connectivity index (χ3v) is 22.7. The molecular weight excluding hydrogens is 1380 g/mol. The Balaban J connectivity index is 5.23. The summed E-state index contributed by atoms with van der Waals surface area (Å²) in [5.41, 5.74) is 0. The van der Waals surface area contributed by atoms with Crippen LogP contribution in [0.25, 0.3) is 0 Å². The third kappa shape index (κ3) is 78.7. The fraction of sp³-hybridized carbons (Fsp3) is 0.954. The van der Waals surface area contributed by atoms with Gasteiger partial charge in [-0.1, -0.05) is 414 Å². The zero-order valence-corrected chi connectivity index (χ0v) is 71.5. The molecule has 0 aliphatic heterocycles. The van der Waals surface area contributed by atoms with Gasteiger partial charge in [0.15, 0.2) is 12.2 Å². The number of rotatable bonds is 86. The number of phosphoric acid groups is 2. The summed E-state index contributed by atoms with van der Waals surface area (Å²) < 4.78 is 68.9. The van der Waals surface area contributed by atoms with Crippen molar-refractivity contribution in [3.8, 4) is 0 Å². The van der Waals surface area contributed by atoms with Crippen molar-refractivity contribution in [2.45, 2.75) is 484 Å². The molecule has 0 spiro atoms. The molecule has 0 amide bonds. The third-order valence-electron chi connectivity index (χ3n) is 20.8. The second-order valence-corrected chi connectivity index (χ2v) is 34.9. The topological polar surface area (TPSA) is 237 Å². The first-order chi connectivity index (χ1) is 51.4. The van der Waals surface area contributed by atoms with Crippen LogP contribution in [0.3, 0.4) is 0 Å². The summed E-state index contributed by atoms with van der Waals surface area (Å²) in [4.78, 5) is 73.3. The first kappa shape index (κ1) is 104. The maximum Gasteiger partial charge on any atom is 0.472 e. The number of hydrogen-bond acceptors (Lipinski definition) is 15. The number of aliphatic hydroxyl groups is 1. The molecule has 0 saturated carbocycles. The van der Waals surface area contributed by atoms with Gasteiger partial charge in [-0.25, -0.2) is 9.13 Å². The molecule has 106 heavy (non-hydrogen) atoms. The van der Waals surface area contributed by atoms with Crippen LogP contribution in [0.15, 0.2) is 0 Å². The number of hydrogen-bond donors (Lipinski definition) is 3. The summed E-state index contributed by atoms with van der Waals surface area (Å²) in [6.07, 6.45) is 70.8. The standard InChI is InChI=1S/C87H170O17P2/c1-7-10-12-14-16-18-20-22-24-25-26-27-28-29-30-32-38-42-46-54-60-66-72-86(91)103-82(75-97-84(89)69-63-57-51-44-40-36-34-33-35-39-43-50-56-62-68-80(6)9-3)77-101-105(93,94)99-73-81(88)74-100-106(95,96)102-78-83(76-98-85(90)70-64-58-52-48-47-49-55-61-67-79(4)5)104-87(92)71-65-59-53-45-41-37-31-23-21-19-17-15-13-11-8-2/h79-83,88H,7-78H2,1-6H3,(H,93,94)(H,95,96)/t80?,81-,82-,83-/m1/s1. The lowest BCUT2D eigenvalue weighted by atomic mass is 9.99. The van der Waals surface area contributed by atoms with Gasteiger partial charge in [0.25, 0.3) is 0 Å². The van der Waals surface area contributed by atoms with E-state index in [-0.39, 0.29) is 25.7 Å². The first-order valence-corrected chi connectivity index (χ1v) is 48.0. The molecule has 0 aliphatic carbocycles. The van der Waals surface area contributed by atoms with Gasteiger partial charge in [0.1, 0.15) is 19.3 Å². The van der Waals surface area contributed by atoms with E-state index in [9.17, 15) is 43.2 Å². The molecule has 0 radical (unpaired) electrons. The number of carbonyl (C=O) groups is 4. The van der Waals surface area contributed by atoms with Gasteiger partial charge in [-0.15, -0.1) is 0 Å². The maximum absolute atomic E-state index is 13.2. The van der Waals surface area contributed by atoms with Crippen molar-refractivity contribution in [2.24, 2.45) is 11.8 Å². The molecular formula is C87H170O17P2. The Bertz CT molecular complexity index is 2030. The second-order valence-electron chi connectivity index (χ2n) is 32.0. The van der Waals surface area contributed by atoms with Gasteiger partial charge in [-0.2, -0.15) is 0 Å². The Labute approximate surface area is 651 Å². The molecule has 3 unspecified atom stereocenters. The van der Waals surface area contributed by atoms with Crippen LogP contribution < -0.4 is 0 Å². The summed E-state index contributed by atoms with van der Waals surface area (Å²) in [7, 11) is -9.93. The number of carbonyl (C=O) groups excluding carboxylic acids is 4. The van der Waals surface area contributed by atoms with Crippen LogP contribution >= 0.6 is 15.6 Å². The minimum Gasteiger partial charge on any atom is -0.462 e. The van der Waals surface area contributed by atoms with Crippen LogP contribution in [-0.2, 0) is 65.4 Å². The summed E-state index contributed by atoms with van der Waals surface area (Å²) in [5, 5.41) is 10.7. The molecule has 0 saturated heterocycles. The predicted octanol–water partition coefficient (Wildman–Crippen LogP) is 26.6. The van der Waals surface area contributed by atoms with Crippen molar-refractivity contribution >= 4 is 39.5 Å². The minimum atomic E-state index is -4.97. The van der Waals surface area contributed by atoms with Crippen LogP contribution in [0.5, 0.6) is 0 Å². The molecule has 17 nitrogen and oxygen atoms in total. The van der Waals surface area contributed by atoms with Crippen molar-refractivity contribution in [3.05, 3.63) is 0 Å². The van der Waals surface area contributed by atoms with E-state index in [4.69, 9.17) is 37.0 Å². The lowest BCUT2D eigenvalue weighted by Crippen LogP contribution is -2.30. The summed E-state index contributed by atoms with van der Waals surface area (Å²) in [6, 6.07) is 0. The highest BCUT2D eigenvalue weighted by molar-refractivity contribution is 7.47. The van der Waals surface area contributed by atoms with Gasteiger partial charge in [-0.05, 0) is 37.5 Å². The Hall–Kier alpha value is -1.94.